The molecule has 0 bridgehead atoms. The highest BCUT2D eigenvalue weighted by atomic mass is 19.1. The van der Waals surface area contributed by atoms with E-state index in [4.69, 9.17) is 0 Å². The first-order valence-electron chi connectivity index (χ1n) is 9.25. The number of hydrogen-bond acceptors (Lipinski definition) is 2. The van der Waals surface area contributed by atoms with E-state index in [1.165, 1.54) is 30.3 Å². The molecule has 0 spiro atoms. The first-order chi connectivity index (χ1) is 13.9. The number of rotatable bonds is 5. The van der Waals surface area contributed by atoms with Gasteiger partial charge in [-0.15, -0.1) is 0 Å². The zero-order valence-corrected chi connectivity index (χ0v) is 15.3. The molecule has 0 saturated carbocycles. The van der Waals surface area contributed by atoms with Gasteiger partial charge in [0.25, 0.3) is 0 Å². The Balaban J connectivity index is 1.65. The number of fused-ring (bicyclic) bond motifs is 1. The van der Waals surface area contributed by atoms with Crippen LogP contribution in [0.5, 0.6) is 0 Å². The lowest BCUT2D eigenvalue weighted by Crippen LogP contribution is -2.40. The fourth-order valence-electron chi connectivity index (χ4n) is 3.63. The fourth-order valence-corrected chi connectivity index (χ4v) is 3.63. The van der Waals surface area contributed by atoms with Gasteiger partial charge in [0.05, 0.1) is 5.52 Å². The molecule has 1 unspecified atom stereocenters. The summed E-state index contributed by atoms with van der Waals surface area (Å²) < 4.78 is 41.4. The van der Waals surface area contributed by atoms with Gasteiger partial charge in [0, 0.05) is 30.1 Å². The SMILES string of the molecule is O=C(CCc1c(-c2ccc(F)cc2)[nH]c2c(F)cc(F)cc12)NC1CCNC1=O. The van der Waals surface area contributed by atoms with E-state index in [9.17, 15) is 22.8 Å². The lowest BCUT2D eigenvalue weighted by Gasteiger charge is -2.10. The molecule has 1 aliphatic rings. The second-order valence-electron chi connectivity index (χ2n) is 7.00. The third kappa shape index (κ3) is 3.83. The molecule has 1 aliphatic heterocycles. The van der Waals surface area contributed by atoms with E-state index >= 15 is 0 Å². The van der Waals surface area contributed by atoms with Crippen molar-refractivity contribution < 1.29 is 22.8 Å². The lowest BCUT2D eigenvalue weighted by molar-refractivity contribution is -0.127. The van der Waals surface area contributed by atoms with Crippen LogP contribution >= 0.6 is 0 Å². The minimum Gasteiger partial charge on any atom is -0.354 e. The van der Waals surface area contributed by atoms with Crippen molar-refractivity contribution in [3.63, 3.8) is 0 Å². The molecule has 0 radical (unpaired) electrons. The number of hydrogen-bond donors (Lipinski definition) is 3. The number of benzene rings is 2. The van der Waals surface area contributed by atoms with Crippen molar-refractivity contribution in [2.24, 2.45) is 0 Å². The zero-order valence-electron chi connectivity index (χ0n) is 15.3. The summed E-state index contributed by atoms with van der Waals surface area (Å²) in [4.78, 5) is 26.9. The number of aryl methyl sites for hydroxylation is 1. The minimum atomic E-state index is -0.748. The summed E-state index contributed by atoms with van der Waals surface area (Å²) in [6.45, 7) is 0.513. The van der Waals surface area contributed by atoms with Crippen LogP contribution in [0, 0.1) is 17.5 Å². The standard InChI is InChI=1S/C21H18F3N3O2/c22-12-3-1-11(2-4-12)19-14(15-9-13(23)10-16(24)20(15)27-19)5-6-18(28)26-17-7-8-25-21(17)29/h1-4,9-10,17,27H,5-8H2,(H,25,29)(H,26,28). The number of amides is 2. The van der Waals surface area contributed by atoms with Gasteiger partial charge in [-0.05, 0) is 54.3 Å². The summed E-state index contributed by atoms with van der Waals surface area (Å²) in [6, 6.07) is 7.03. The molecule has 1 saturated heterocycles. The fraction of sp³-hybridized carbons (Fsp3) is 0.238. The molecule has 0 aliphatic carbocycles. The highest BCUT2D eigenvalue weighted by Gasteiger charge is 2.26. The number of aromatic nitrogens is 1. The summed E-state index contributed by atoms with van der Waals surface area (Å²) in [5, 5.41) is 5.64. The van der Waals surface area contributed by atoms with E-state index in [1.807, 2.05) is 0 Å². The van der Waals surface area contributed by atoms with Gasteiger partial charge in [-0.3, -0.25) is 9.59 Å². The maximum atomic E-state index is 14.3. The quantitative estimate of drug-likeness (QED) is 0.614. The van der Waals surface area contributed by atoms with E-state index < -0.39 is 23.5 Å². The number of aromatic amines is 1. The number of H-pyrrole nitrogens is 1. The Morgan fingerprint density at radius 1 is 1.10 bits per heavy atom. The molecule has 2 amide bonds. The first-order valence-corrected chi connectivity index (χ1v) is 9.25. The molecular weight excluding hydrogens is 383 g/mol. The third-order valence-electron chi connectivity index (χ3n) is 5.05. The highest BCUT2D eigenvalue weighted by Crippen LogP contribution is 2.33. The number of halogens is 3. The minimum absolute atomic E-state index is 0.0308. The van der Waals surface area contributed by atoms with Gasteiger partial charge in [-0.2, -0.15) is 0 Å². The molecule has 3 N–H and O–H groups in total. The molecule has 5 nitrogen and oxygen atoms in total. The van der Waals surface area contributed by atoms with Gasteiger partial charge in [-0.1, -0.05) is 0 Å². The summed E-state index contributed by atoms with van der Waals surface area (Å²) >= 11 is 0. The average molecular weight is 401 g/mol. The number of carbonyl (C=O) groups excluding carboxylic acids is 2. The van der Waals surface area contributed by atoms with Gasteiger partial charge < -0.3 is 15.6 Å². The van der Waals surface area contributed by atoms with Gasteiger partial charge in [0.15, 0.2) is 0 Å². The molecule has 150 valence electrons. The third-order valence-corrected chi connectivity index (χ3v) is 5.05. The van der Waals surface area contributed by atoms with Crippen molar-refractivity contribution >= 4 is 22.7 Å². The molecule has 4 rings (SSSR count). The molecule has 2 aromatic carbocycles. The molecule has 1 fully saturated rings. The van der Waals surface area contributed by atoms with Crippen LogP contribution in [0.15, 0.2) is 36.4 Å². The highest BCUT2D eigenvalue weighted by molar-refractivity contribution is 5.92. The molecule has 3 aromatic rings. The molecule has 8 heteroatoms. The zero-order chi connectivity index (χ0) is 20.5. The van der Waals surface area contributed by atoms with Gasteiger partial charge in [0.2, 0.25) is 11.8 Å². The topological polar surface area (TPSA) is 74.0 Å². The Labute approximate surface area is 164 Å². The summed E-state index contributed by atoms with van der Waals surface area (Å²) in [6.07, 6.45) is 0.744. The Morgan fingerprint density at radius 3 is 2.55 bits per heavy atom. The van der Waals surface area contributed by atoms with Crippen LogP contribution < -0.4 is 10.6 Å². The number of nitrogens with one attached hydrogen (secondary N) is 3. The van der Waals surface area contributed by atoms with Crippen molar-refractivity contribution in [1.29, 1.82) is 0 Å². The molecule has 1 atom stereocenters. The summed E-state index contributed by atoms with van der Waals surface area (Å²) in [5.41, 5.74) is 1.76. The van der Waals surface area contributed by atoms with E-state index in [0.29, 0.717) is 35.2 Å². The second-order valence-corrected chi connectivity index (χ2v) is 7.00. The molecule has 1 aromatic heterocycles. The van der Waals surface area contributed by atoms with Gasteiger partial charge in [0.1, 0.15) is 23.5 Å². The van der Waals surface area contributed by atoms with Crippen LogP contribution in [0.2, 0.25) is 0 Å². The Morgan fingerprint density at radius 2 is 1.86 bits per heavy atom. The second kappa shape index (κ2) is 7.62. The predicted molar refractivity (Wildman–Crippen MR) is 101 cm³/mol. The van der Waals surface area contributed by atoms with E-state index in [1.54, 1.807) is 0 Å². The van der Waals surface area contributed by atoms with E-state index in [2.05, 4.69) is 15.6 Å². The Kier molecular flexibility index (Phi) is 5.00. The van der Waals surface area contributed by atoms with Crippen LogP contribution in [-0.4, -0.2) is 29.4 Å². The van der Waals surface area contributed by atoms with E-state index in [0.717, 1.165) is 6.07 Å². The Hall–Kier alpha value is -3.29. The van der Waals surface area contributed by atoms with Crippen LogP contribution in [0.3, 0.4) is 0 Å². The predicted octanol–water partition coefficient (Wildman–Crippen LogP) is 3.19. The lowest BCUT2D eigenvalue weighted by atomic mass is 10.0. The van der Waals surface area contributed by atoms with Crippen LogP contribution in [0.25, 0.3) is 22.2 Å². The molecule has 2 heterocycles. The Bertz CT molecular complexity index is 1090. The van der Waals surface area contributed by atoms with Crippen molar-refractivity contribution in [1.82, 2.24) is 15.6 Å². The van der Waals surface area contributed by atoms with E-state index in [-0.39, 0.29) is 30.2 Å². The maximum absolute atomic E-state index is 14.3. The van der Waals surface area contributed by atoms with Crippen molar-refractivity contribution in [2.75, 3.05) is 6.54 Å². The van der Waals surface area contributed by atoms with Crippen molar-refractivity contribution in [3.8, 4) is 11.3 Å². The van der Waals surface area contributed by atoms with Gasteiger partial charge >= 0.3 is 0 Å². The van der Waals surface area contributed by atoms with Crippen LogP contribution in [0.4, 0.5) is 13.2 Å². The number of carbonyl (C=O) groups is 2. The molecular formula is C21H18F3N3O2. The average Bonchev–Trinajstić information content (AvgIpc) is 3.24. The summed E-state index contributed by atoms with van der Waals surface area (Å²) in [7, 11) is 0. The van der Waals surface area contributed by atoms with Crippen LogP contribution in [-0.2, 0) is 16.0 Å². The smallest absolute Gasteiger partial charge is 0.242 e. The monoisotopic (exact) mass is 401 g/mol. The molecule has 29 heavy (non-hydrogen) atoms. The largest absolute Gasteiger partial charge is 0.354 e. The van der Waals surface area contributed by atoms with Crippen molar-refractivity contribution in [3.05, 3.63) is 59.4 Å². The van der Waals surface area contributed by atoms with Crippen molar-refractivity contribution in [2.45, 2.75) is 25.3 Å². The van der Waals surface area contributed by atoms with Crippen LogP contribution in [0.1, 0.15) is 18.4 Å². The first kappa shape index (κ1) is 19.0. The summed E-state index contributed by atoms with van der Waals surface area (Å²) in [5.74, 6) is -2.45. The normalized spacial score (nSPS) is 16.2. The van der Waals surface area contributed by atoms with Gasteiger partial charge in [-0.25, -0.2) is 13.2 Å². The maximum Gasteiger partial charge on any atom is 0.242 e.